The predicted molar refractivity (Wildman–Crippen MR) is 122 cm³/mol. The second-order valence-electron chi connectivity index (χ2n) is 7.79. The summed E-state index contributed by atoms with van der Waals surface area (Å²) in [5.41, 5.74) is 1.05. The minimum Gasteiger partial charge on any atom is -0.511 e. The first-order valence-electron chi connectivity index (χ1n) is 11.0. The zero-order valence-electron chi connectivity index (χ0n) is 17.9. The quantitative estimate of drug-likeness (QED) is 0.264. The number of fused-ring (bicyclic) bond motifs is 1. The van der Waals surface area contributed by atoms with E-state index in [0.29, 0.717) is 12.1 Å². The Kier molecular flexibility index (Phi) is 7.82. The number of nitrogens with one attached hydrogen (secondary N) is 1. The van der Waals surface area contributed by atoms with Crippen LogP contribution in [-0.4, -0.2) is 17.0 Å². The Morgan fingerprint density at radius 3 is 2.39 bits per heavy atom. The minimum absolute atomic E-state index is 0.00342. The number of carbonyl (C=O) groups excluding carboxylic acids is 2. The molecular formula is C25H29FN2O3. The summed E-state index contributed by atoms with van der Waals surface area (Å²) in [5.74, 6) is -1.27. The highest BCUT2D eigenvalue weighted by molar-refractivity contribution is 6.41. The molecule has 2 N–H and O–H groups in total. The van der Waals surface area contributed by atoms with E-state index in [1.165, 1.54) is 37.5 Å². The van der Waals surface area contributed by atoms with Gasteiger partial charge in [-0.3, -0.25) is 4.79 Å². The molecule has 0 saturated carbocycles. The lowest BCUT2D eigenvalue weighted by molar-refractivity contribution is -0.112. The number of allylic oxidation sites excluding steroid dienone is 1. The Labute approximate surface area is 182 Å². The molecule has 0 aromatic heterocycles. The van der Waals surface area contributed by atoms with E-state index in [9.17, 15) is 19.1 Å². The minimum atomic E-state index is -0.650. The summed E-state index contributed by atoms with van der Waals surface area (Å²) in [4.78, 5) is 26.9. The molecule has 2 aromatic rings. The maximum atomic E-state index is 13.9. The number of hydrogen-bond donors (Lipinski definition) is 2. The summed E-state index contributed by atoms with van der Waals surface area (Å²) >= 11 is 0. The third-order valence-electron chi connectivity index (χ3n) is 5.42. The Morgan fingerprint density at radius 2 is 1.68 bits per heavy atom. The van der Waals surface area contributed by atoms with E-state index in [4.69, 9.17) is 0 Å². The van der Waals surface area contributed by atoms with Gasteiger partial charge in [0.15, 0.2) is 0 Å². The first kappa shape index (κ1) is 22.5. The van der Waals surface area contributed by atoms with Crippen molar-refractivity contribution in [3.05, 3.63) is 65.7 Å². The van der Waals surface area contributed by atoms with Gasteiger partial charge in [0, 0.05) is 17.7 Å². The van der Waals surface area contributed by atoms with Gasteiger partial charge in [-0.1, -0.05) is 63.6 Å². The molecule has 0 aliphatic carbocycles. The van der Waals surface area contributed by atoms with Gasteiger partial charge >= 0.3 is 6.03 Å². The van der Waals surface area contributed by atoms with Gasteiger partial charge in [0.05, 0.1) is 11.3 Å². The van der Waals surface area contributed by atoms with E-state index < -0.39 is 17.8 Å². The van der Waals surface area contributed by atoms with Crippen LogP contribution in [0.1, 0.15) is 63.9 Å². The molecule has 0 fully saturated rings. The van der Waals surface area contributed by atoms with Gasteiger partial charge in [0.1, 0.15) is 11.6 Å². The van der Waals surface area contributed by atoms with Crippen molar-refractivity contribution in [3.63, 3.8) is 0 Å². The van der Waals surface area contributed by atoms with E-state index >= 15 is 0 Å². The lowest BCUT2D eigenvalue weighted by Gasteiger charge is -2.16. The largest absolute Gasteiger partial charge is 0.511 e. The summed E-state index contributed by atoms with van der Waals surface area (Å²) < 4.78 is 13.9. The van der Waals surface area contributed by atoms with Gasteiger partial charge in [-0.2, -0.15) is 0 Å². The molecular weight excluding hydrogens is 395 g/mol. The molecule has 3 rings (SSSR count). The lowest BCUT2D eigenvalue weighted by atomic mass is 10.0. The number of aliphatic hydroxyl groups is 1. The number of rotatable bonds is 9. The SMILES string of the molecule is CCCCCCCCCC(O)=C1C(=O)N(C(=O)Nc2ccccc2)c2ccc(F)cc21. The van der Waals surface area contributed by atoms with Crippen LogP contribution in [0.2, 0.25) is 0 Å². The van der Waals surface area contributed by atoms with Crippen LogP contribution in [0.4, 0.5) is 20.6 Å². The highest BCUT2D eigenvalue weighted by atomic mass is 19.1. The van der Waals surface area contributed by atoms with Crippen molar-refractivity contribution in [2.45, 2.75) is 58.3 Å². The number of para-hydroxylation sites is 1. The molecule has 31 heavy (non-hydrogen) atoms. The van der Waals surface area contributed by atoms with Crippen LogP contribution in [0.15, 0.2) is 54.3 Å². The first-order valence-corrected chi connectivity index (χ1v) is 11.0. The van der Waals surface area contributed by atoms with Crippen molar-refractivity contribution in [1.29, 1.82) is 0 Å². The molecule has 0 radical (unpaired) electrons. The number of urea groups is 1. The number of anilines is 2. The number of aliphatic hydroxyl groups excluding tert-OH is 1. The van der Waals surface area contributed by atoms with Crippen LogP contribution < -0.4 is 10.2 Å². The van der Waals surface area contributed by atoms with Gasteiger partial charge in [-0.25, -0.2) is 14.1 Å². The molecule has 1 aliphatic heterocycles. The van der Waals surface area contributed by atoms with Crippen molar-refractivity contribution >= 4 is 28.9 Å². The van der Waals surface area contributed by atoms with Crippen LogP contribution in [0.3, 0.4) is 0 Å². The van der Waals surface area contributed by atoms with Crippen LogP contribution in [0.25, 0.3) is 5.57 Å². The predicted octanol–water partition coefficient (Wildman–Crippen LogP) is 6.81. The standard InChI is InChI=1S/C25H29FN2O3/c1-2-3-4-5-6-7-11-14-22(29)23-20-17-18(26)15-16-21(20)28(24(23)30)25(31)27-19-12-9-8-10-13-19/h8-10,12-13,15-17,29H,2-7,11,14H2,1H3,(H,27,31). The van der Waals surface area contributed by atoms with Crippen molar-refractivity contribution in [2.75, 3.05) is 10.2 Å². The molecule has 0 unspecified atom stereocenters. The van der Waals surface area contributed by atoms with Crippen LogP contribution in [-0.2, 0) is 4.79 Å². The van der Waals surface area contributed by atoms with Crippen LogP contribution in [0.5, 0.6) is 0 Å². The lowest BCUT2D eigenvalue weighted by Crippen LogP contribution is -2.37. The third kappa shape index (κ3) is 5.51. The smallest absolute Gasteiger partial charge is 0.333 e. The van der Waals surface area contributed by atoms with Gasteiger partial charge in [0.25, 0.3) is 5.91 Å². The zero-order valence-corrected chi connectivity index (χ0v) is 17.9. The molecule has 3 amide bonds. The van der Waals surface area contributed by atoms with Gasteiger partial charge in [-0.05, 0) is 36.8 Å². The fourth-order valence-corrected chi connectivity index (χ4v) is 3.80. The van der Waals surface area contributed by atoms with Crippen molar-refractivity contribution < 1.29 is 19.1 Å². The first-order chi connectivity index (χ1) is 15.0. The van der Waals surface area contributed by atoms with E-state index in [2.05, 4.69) is 12.2 Å². The molecule has 164 valence electrons. The highest BCUT2D eigenvalue weighted by Crippen LogP contribution is 2.39. The Balaban J connectivity index is 1.75. The molecule has 5 nitrogen and oxygen atoms in total. The number of nitrogens with zero attached hydrogens (tertiary/aromatic N) is 1. The third-order valence-corrected chi connectivity index (χ3v) is 5.42. The van der Waals surface area contributed by atoms with Crippen LogP contribution >= 0.6 is 0 Å². The average molecular weight is 425 g/mol. The fourth-order valence-electron chi connectivity index (χ4n) is 3.80. The number of unbranched alkanes of at least 4 members (excludes halogenated alkanes) is 6. The molecule has 1 aliphatic rings. The van der Waals surface area contributed by atoms with E-state index in [0.717, 1.165) is 30.6 Å². The summed E-state index contributed by atoms with van der Waals surface area (Å²) in [7, 11) is 0. The molecule has 0 spiro atoms. The monoisotopic (exact) mass is 424 g/mol. The second kappa shape index (κ2) is 10.8. The molecule has 0 saturated heterocycles. The maximum absolute atomic E-state index is 13.9. The van der Waals surface area contributed by atoms with Crippen molar-refractivity contribution in [3.8, 4) is 0 Å². The molecule has 2 aromatic carbocycles. The summed E-state index contributed by atoms with van der Waals surface area (Å²) in [6.45, 7) is 2.17. The topological polar surface area (TPSA) is 69.6 Å². The zero-order chi connectivity index (χ0) is 22.2. The van der Waals surface area contributed by atoms with E-state index in [-0.39, 0.29) is 22.6 Å². The van der Waals surface area contributed by atoms with E-state index in [1.807, 2.05) is 6.07 Å². The Morgan fingerprint density at radius 1 is 1.00 bits per heavy atom. The molecule has 1 heterocycles. The highest BCUT2D eigenvalue weighted by Gasteiger charge is 2.39. The number of benzene rings is 2. The number of halogens is 1. The Hall–Kier alpha value is -3.15. The number of hydrogen-bond acceptors (Lipinski definition) is 3. The van der Waals surface area contributed by atoms with Gasteiger partial charge in [0.2, 0.25) is 0 Å². The Bertz CT molecular complexity index is 956. The molecule has 0 atom stereocenters. The van der Waals surface area contributed by atoms with Gasteiger partial charge in [-0.15, -0.1) is 0 Å². The number of carbonyl (C=O) groups is 2. The summed E-state index contributed by atoms with van der Waals surface area (Å²) in [6, 6.07) is 11.9. The number of imide groups is 1. The summed E-state index contributed by atoms with van der Waals surface area (Å²) in [6.07, 6.45) is 7.86. The maximum Gasteiger partial charge on any atom is 0.333 e. The van der Waals surface area contributed by atoms with Crippen molar-refractivity contribution in [1.82, 2.24) is 0 Å². The van der Waals surface area contributed by atoms with Crippen LogP contribution in [0, 0.1) is 5.82 Å². The summed E-state index contributed by atoms with van der Waals surface area (Å²) in [5, 5.41) is 13.3. The normalized spacial score (nSPS) is 14.5. The number of amides is 3. The van der Waals surface area contributed by atoms with E-state index in [1.54, 1.807) is 24.3 Å². The van der Waals surface area contributed by atoms with Crippen molar-refractivity contribution in [2.24, 2.45) is 0 Å². The average Bonchev–Trinajstić information content (AvgIpc) is 3.04. The molecule has 0 bridgehead atoms. The second-order valence-corrected chi connectivity index (χ2v) is 7.79. The fraction of sp³-hybridized carbons (Fsp3) is 0.360. The van der Waals surface area contributed by atoms with Gasteiger partial charge < -0.3 is 10.4 Å². The molecule has 6 heteroatoms.